The van der Waals surface area contributed by atoms with Crippen LogP contribution in [0.5, 0.6) is 0 Å². The van der Waals surface area contributed by atoms with Crippen LogP contribution in [-0.4, -0.2) is 4.57 Å². The van der Waals surface area contributed by atoms with Gasteiger partial charge < -0.3 is 17.8 Å². The summed E-state index contributed by atoms with van der Waals surface area (Å²) < 4.78 is 20.8. The van der Waals surface area contributed by atoms with Gasteiger partial charge in [0, 0.05) is 27.6 Å². The van der Waals surface area contributed by atoms with Crippen LogP contribution in [0.3, 0.4) is 0 Å². The lowest BCUT2D eigenvalue weighted by molar-refractivity contribution is 0.646. The SMILES string of the molecule is O=c1c2ccccc2oc2cc3oc4cccc(-n5c6ccccc6c6c7c(ccc65)oc5ccccc57)c4c(=O)c3cc12. The molecule has 206 valence electrons. The molecule has 6 aromatic carbocycles. The predicted molar refractivity (Wildman–Crippen MR) is 175 cm³/mol. The summed E-state index contributed by atoms with van der Waals surface area (Å²) in [6.07, 6.45) is 0. The molecule has 0 unspecified atom stereocenters. The molecule has 44 heavy (non-hydrogen) atoms. The molecule has 0 saturated carbocycles. The molecule has 0 atom stereocenters. The van der Waals surface area contributed by atoms with Gasteiger partial charge in [0.1, 0.15) is 33.5 Å². The van der Waals surface area contributed by atoms with Crippen LogP contribution in [0.2, 0.25) is 0 Å². The van der Waals surface area contributed by atoms with E-state index in [4.69, 9.17) is 13.3 Å². The van der Waals surface area contributed by atoms with Crippen molar-refractivity contribution in [2.75, 3.05) is 0 Å². The molecule has 0 spiro atoms. The summed E-state index contributed by atoms with van der Waals surface area (Å²) in [5.74, 6) is 0. The first kappa shape index (κ1) is 23.4. The first-order valence-corrected chi connectivity index (χ1v) is 14.3. The van der Waals surface area contributed by atoms with Gasteiger partial charge in [0.05, 0.1) is 38.3 Å². The summed E-state index contributed by atoms with van der Waals surface area (Å²) in [5.41, 5.74) is 5.50. The Morgan fingerprint density at radius 1 is 0.386 bits per heavy atom. The van der Waals surface area contributed by atoms with Crippen molar-refractivity contribution in [2.24, 2.45) is 0 Å². The highest BCUT2D eigenvalue weighted by Gasteiger charge is 2.22. The Morgan fingerprint density at radius 2 is 1.00 bits per heavy atom. The minimum absolute atomic E-state index is 0.185. The van der Waals surface area contributed by atoms with Crippen LogP contribution < -0.4 is 10.9 Å². The minimum atomic E-state index is -0.216. The fourth-order valence-corrected chi connectivity index (χ4v) is 6.90. The maximum absolute atomic E-state index is 14.4. The molecule has 0 aliphatic carbocycles. The van der Waals surface area contributed by atoms with E-state index in [9.17, 15) is 9.59 Å². The molecule has 4 heterocycles. The average molecular weight is 570 g/mol. The van der Waals surface area contributed by atoms with Crippen LogP contribution >= 0.6 is 0 Å². The third kappa shape index (κ3) is 2.93. The number of nitrogens with zero attached hydrogens (tertiary/aromatic N) is 1. The third-order valence-electron chi connectivity index (χ3n) is 8.79. The Hall–Kier alpha value is -6.14. The molecule has 0 aliphatic heterocycles. The number of rotatable bonds is 1. The van der Waals surface area contributed by atoms with E-state index in [0.29, 0.717) is 49.6 Å². The number of furan rings is 1. The van der Waals surface area contributed by atoms with Crippen molar-refractivity contribution in [2.45, 2.75) is 0 Å². The highest BCUT2D eigenvalue weighted by molar-refractivity contribution is 6.27. The first-order valence-electron chi connectivity index (χ1n) is 14.3. The summed E-state index contributed by atoms with van der Waals surface area (Å²) in [7, 11) is 0. The lowest BCUT2D eigenvalue weighted by Crippen LogP contribution is -2.08. The van der Waals surface area contributed by atoms with Crippen molar-refractivity contribution < 1.29 is 13.3 Å². The zero-order valence-electron chi connectivity index (χ0n) is 23.0. The number of fused-ring (bicyclic) bond motifs is 11. The van der Waals surface area contributed by atoms with Gasteiger partial charge in [-0.15, -0.1) is 0 Å². The molecule has 6 nitrogen and oxygen atoms in total. The molecule has 10 rings (SSSR count). The first-order chi connectivity index (χ1) is 21.7. The topological polar surface area (TPSA) is 78.5 Å². The summed E-state index contributed by atoms with van der Waals surface area (Å²) in [5, 5.41) is 5.75. The fourth-order valence-electron chi connectivity index (χ4n) is 6.90. The maximum atomic E-state index is 14.4. The monoisotopic (exact) mass is 569 g/mol. The molecule has 0 saturated heterocycles. The quantitative estimate of drug-likeness (QED) is 0.184. The normalized spacial score (nSPS) is 12.3. The Bertz CT molecular complexity index is 2990. The van der Waals surface area contributed by atoms with Crippen LogP contribution in [-0.2, 0) is 0 Å². The van der Waals surface area contributed by atoms with Gasteiger partial charge in [0.25, 0.3) is 0 Å². The van der Waals surface area contributed by atoms with Gasteiger partial charge in [-0.25, -0.2) is 0 Å². The van der Waals surface area contributed by atoms with Crippen LogP contribution in [0.15, 0.2) is 138 Å². The lowest BCUT2D eigenvalue weighted by atomic mass is 10.1. The number of benzene rings is 6. The average Bonchev–Trinajstić information content (AvgIpc) is 3.60. The summed E-state index contributed by atoms with van der Waals surface area (Å²) in [6, 6.07) is 36.3. The number of aromatic nitrogens is 1. The Morgan fingerprint density at radius 3 is 1.84 bits per heavy atom. The van der Waals surface area contributed by atoms with Gasteiger partial charge in [-0.05, 0) is 54.6 Å². The lowest BCUT2D eigenvalue weighted by Gasteiger charge is -2.12. The second-order valence-corrected chi connectivity index (χ2v) is 11.1. The zero-order valence-corrected chi connectivity index (χ0v) is 23.0. The van der Waals surface area contributed by atoms with E-state index in [1.807, 2.05) is 60.7 Å². The van der Waals surface area contributed by atoms with E-state index < -0.39 is 0 Å². The summed E-state index contributed by atoms with van der Waals surface area (Å²) in [6.45, 7) is 0. The van der Waals surface area contributed by atoms with E-state index in [1.54, 1.807) is 36.4 Å². The standard InChI is InChI=1S/C38H19NO5/c40-37-22-10-3-6-14-29(22)43-32-19-33-24(18-23(32)37)38(41)36-26(12-7-15-30(36)44-33)39-25-11-4-1-8-20(25)34-27(39)16-17-31-35(34)21-9-2-5-13-28(21)42-31/h1-19H. The molecule has 0 fully saturated rings. The predicted octanol–water partition coefficient (Wildman–Crippen LogP) is 9.20. The summed E-state index contributed by atoms with van der Waals surface area (Å²) in [4.78, 5) is 27.8. The molecule has 10 aromatic rings. The Labute approximate surface area is 246 Å². The fraction of sp³-hybridized carbons (Fsp3) is 0. The van der Waals surface area contributed by atoms with Crippen LogP contribution in [0, 0.1) is 0 Å². The highest BCUT2D eigenvalue weighted by atomic mass is 16.3. The highest BCUT2D eigenvalue weighted by Crippen LogP contribution is 2.42. The van der Waals surface area contributed by atoms with E-state index >= 15 is 0 Å². The largest absolute Gasteiger partial charge is 0.456 e. The van der Waals surface area contributed by atoms with E-state index in [2.05, 4.69) is 22.8 Å². The molecule has 0 aliphatic rings. The molecule has 4 aromatic heterocycles. The molecule has 0 radical (unpaired) electrons. The molecular weight excluding hydrogens is 550 g/mol. The van der Waals surface area contributed by atoms with Gasteiger partial charge in [0.15, 0.2) is 0 Å². The summed E-state index contributed by atoms with van der Waals surface area (Å²) >= 11 is 0. The van der Waals surface area contributed by atoms with Crippen LogP contribution in [0.4, 0.5) is 0 Å². The van der Waals surface area contributed by atoms with E-state index in [1.165, 1.54) is 0 Å². The molecular formula is C38H19NO5. The molecule has 6 heteroatoms. The molecule has 0 amide bonds. The second-order valence-electron chi connectivity index (χ2n) is 11.1. The van der Waals surface area contributed by atoms with Crippen molar-refractivity contribution in [3.05, 3.63) is 136 Å². The zero-order chi connectivity index (χ0) is 29.1. The van der Waals surface area contributed by atoms with E-state index in [0.717, 1.165) is 43.7 Å². The van der Waals surface area contributed by atoms with E-state index in [-0.39, 0.29) is 10.9 Å². The van der Waals surface area contributed by atoms with Gasteiger partial charge in [0.2, 0.25) is 10.9 Å². The van der Waals surface area contributed by atoms with Crippen LogP contribution in [0.1, 0.15) is 0 Å². The maximum Gasteiger partial charge on any atom is 0.202 e. The van der Waals surface area contributed by atoms with Crippen molar-refractivity contribution in [1.29, 1.82) is 0 Å². The minimum Gasteiger partial charge on any atom is -0.456 e. The Balaban J connectivity index is 1.36. The molecule has 0 N–H and O–H groups in total. The number of hydrogen-bond donors (Lipinski definition) is 0. The van der Waals surface area contributed by atoms with Crippen molar-refractivity contribution in [3.8, 4) is 5.69 Å². The third-order valence-corrected chi connectivity index (χ3v) is 8.79. The van der Waals surface area contributed by atoms with Crippen molar-refractivity contribution in [1.82, 2.24) is 4.57 Å². The van der Waals surface area contributed by atoms with Crippen LogP contribution in [0.25, 0.3) is 93.3 Å². The van der Waals surface area contributed by atoms with Gasteiger partial charge in [-0.3, -0.25) is 9.59 Å². The van der Waals surface area contributed by atoms with Crippen molar-refractivity contribution in [3.63, 3.8) is 0 Å². The number of hydrogen-bond acceptors (Lipinski definition) is 5. The smallest absolute Gasteiger partial charge is 0.202 e. The van der Waals surface area contributed by atoms with Gasteiger partial charge >= 0.3 is 0 Å². The molecule has 0 bridgehead atoms. The van der Waals surface area contributed by atoms with Crippen molar-refractivity contribution >= 4 is 87.6 Å². The Kier molecular flexibility index (Phi) is 4.39. The second kappa shape index (κ2) is 8.24. The van der Waals surface area contributed by atoms with Gasteiger partial charge in [-0.2, -0.15) is 0 Å². The number of para-hydroxylation sites is 3. The van der Waals surface area contributed by atoms with Gasteiger partial charge in [-0.1, -0.05) is 54.6 Å².